The summed E-state index contributed by atoms with van der Waals surface area (Å²) in [5.74, 6) is 2.97. The van der Waals surface area contributed by atoms with Crippen LogP contribution in [0, 0.1) is 40.9 Å². The quantitative estimate of drug-likeness (QED) is 0.501. The summed E-state index contributed by atoms with van der Waals surface area (Å²) >= 11 is 0. The van der Waals surface area contributed by atoms with Crippen LogP contribution in [-0.4, -0.2) is 22.9 Å². The van der Waals surface area contributed by atoms with E-state index in [-0.39, 0.29) is 22.9 Å². The van der Waals surface area contributed by atoms with Gasteiger partial charge >= 0.3 is 6.36 Å². The number of alkyl halides is 3. The van der Waals surface area contributed by atoms with Crippen molar-refractivity contribution in [2.45, 2.75) is 83.6 Å². The van der Waals surface area contributed by atoms with Crippen LogP contribution >= 0.6 is 0 Å². The maximum Gasteiger partial charge on any atom is 0.573 e. The average Bonchev–Trinajstić information content (AvgIpc) is 3.09. The van der Waals surface area contributed by atoms with Gasteiger partial charge in [0, 0.05) is 11.5 Å². The van der Waals surface area contributed by atoms with Crippen molar-refractivity contribution in [3.63, 3.8) is 0 Å². The number of ketones is 1. The van der Waals surface area contributed by atoms with E-state index in [9.17, 15) is 23.1 Å². The predicted octanol–water partition coefficient (Wildman–Crippen LogP) is 6.79. The standard InChI is InChI=1S/C27H35F3O3/c1-25(32)13-11-19-17(15-25)5-8-21-20(19)12-14-26(2)22(21)9-10-23(26)24(31)16-3-6-18(7-4-16)33-27(28,29)30/h3-4,6-7,17,19-23,32H,5,8-15H2,1-2H3/t17-,19?,20-,21-,22+,23-,25-,26+/m1/s1. The van der Waals surface area contributed by atoms with Crippen molar-refractivity contribution < 1.29 is 27.8 Å². The maximum absolute atomic E-state index is 13.5. The number of rotatable bonds is 3. The van der Waals surface area contributed by atoms with Crippen LogP contribution in [0.1, 0.15) is 82.0 Å². The van der Waals surface area contributed by atoms with Gasteiger partial charge in [-0.2, -0.15) is 0 Å². The third-order valence-corrected chi connectivity index (χ3v) is 9.93. The third kappa shape index (κ3) is 4.21. The topological polar surface area (TPSA) is 46.5 Å². The molecule has 0 bridgehead atoms. The van der Waals surface area contributed by atoms with Crippen LogP contribution in [-0.2, 0) is 0 Å². The van der Waals surface area contributed by atoms with Crippen LogP contribution < -0.4 is 4.74 Å². The summed E-state index contributed by atoms with van der Waals surface area (Å²) in [6, 6.07) is 5.44. The van der Waals surface area contributed by atoms with Crippen LogP contribution in [0.15, 0.2) is 24.3 Å². The number of ether oxygens (including phenoxy) is 1. The lowest BCUT2D eigenvalue weighted by molar-refractivity contribution is -0.274. The van der Waals surface area contributed by atoms with Crippen LogP contribution in [0.3, 0.4) is 0 Å². The van der Waals surface area contributed by atoms with E-state index in [1.54, 1.807) is 0 Å². The molecule has 5 rings (SSSR count). The maximum atomic E-state index is 13.5. The predicted molar refractivity (Wildman–Crippen MR) is 119 cm³/mol. The van der Waals surface area contributed by atoms with E-state index in [1.165, 1.54) is 37.1 Å². The van der Waals surface area contributed by atoms with Crippen LogP contribution in [0.5, 0.6) is 5.75 Å². The van der Waals surface area contributed by atoms with Gasteiger partial charge in [0.2, 0.25) is 0 Å². The summed E-state index contributed by atoms with van der Waals surface area (Å²) in [4.78, 5) is 13.5. The second-order valence-electron chi connectivity index (χ2n) is 11.8. The minimum Gasteiger partial charge on any atom is -0.406 e. The molecule has 0 heterocycles. The highest BCUT2D eigenvalue weighted by Crippen LogP contribution is 2.65. The van der Waals surface area contributed by atoms with Gasteiger partial charge in [-0.05, 0) is 124 Å². The molecule has 0 saturated heterocycles. The Bertz CT molecular complexity index is 893. The van der Waals surface area contributed by atoms with Gasteiger partial charge in [-0.25, -0.2) is 0 Å². The van der Waals surface area contributed by atoms with Gasteiger partial charge in [0.1, 0.15) is 5.75 Å². The molecule has 4 fully saturated rings. The van der Waals surface area contributed by atoms with E-state index in [0.29, 0.717) is 35.2 Å². The number of Topliss-reactive ketones (excluding diaryl/α,β-unsaturated/α-hetero) is 1. The average molecular weight is 465 g/mol. The summed E-state index contributed by atoms with van der Waals surface area (Å²) in [6.07, 6.45) is 4.74. The number of hydrogen-bond donors (Lipinski definition) is 1. The first kappa shape index (κ1) is 23.2. The molecule has 0 aliphatic heterocycles. The SMILES string of the molecule is C[C@@]1(O)CCC2[C@H](CC[C@@H]3[C@@H]2CC[C@]2(C)[C@@H](C(=O)c4ccc(OC(F)(F)F)cc4)CC[C@@H]32)C1. The Hall–Kier alpha value is -1.56. The Morgan fingerprint density at radius 3 is 2.33 bits per heavy atom. The van der Waals surface area contributed by atoms with Crippen LogP contribution in [0.4, 0.5) is 13.2 Å². The lowest BCUT2D eigenvalue weighted by atomic mass is 9.49. The van der Waals surface area contributed by atoms with Gasteiger partial charge in [-0.1, -0.05) is 6.92 Å². The van der Waals surface area contributed by atoms with Crippen molar-refractivity contribution in [2.75, 3.05) is 0 Å². The number of carbonyl (C=O) groups is 1. The molecule has 3 nitrogen and oxygen atoms in total. The minimum absolute atomic E-state index is 0.0353. The van der Waals surface area contributed by atoms with Crippen LogP contribution in [0.2, 0.25) is 0 Å². The molecule has 0 spiro atoms. The summed E-state index contributed by atoms with van der Waals surface area (Å²) in [5, 5.41) is 10.6. The van der Waals surface area contributed by atoms with Gasteiger partial charge in [-0.15, -0.1) is 13.2 Å². The number of carbonyl (C=O) groups excluding carboxylic acids is 1. The summed E-state index contributed by atoms with van der Waals surface area (Å²) in [5.41, 5.74) is -0.0634. The van der Waals surface area contributed by atoms with E-state index < -0.39 is 12.0 Å². The molecular formula is C27H35F3O3. The Balaban J connectivity index is 1.31. The van der Waals surface area contributed by atoms with E-state index in [2.05, 4.69) is 11.7 Å². The summed E-state index contributed by atoms with van der Waals surface area (Å²) in [7, 11) is 0. The number of hydrogen-bond acceptors (Lipinski definition) is 3. The van der Waals surface area contributed by atoms with Gasteiger partial charge in [0.15, 0.2) is 5.78 Å². The van der Waals surface area contributed by atoms with Crippen LogP contribution in [0.25, 0.3) is 0 Å². The first-order valence-corrected chi connectivity index (χ1v) is 12.6. The van der Waals surface area contributed by atoms with Crippen molar-refractivity contribution in [1.82, 2.24) is 0 Å². The zero-order valence-electron chi connectivity index (χ0n) is 19.5. The highest BCUT2D eigenvalue weighted by molar-refractivity contribution is 5.98. The molecule has 4 aliphatic rings. The van der Waals surface area contributed by atoms with Gasteiger partial charge in [-0.3, -0.25) is 4.79 Å². The highest BCUT2D eigenvalue weighted by atomic mass is 19.4. The smallest absolute Gasteiger partial charge is 0.406 e. The van der Waals surface area contributed by atoms with Crippen molar-refractivity contribution in [3.8, 4) is 5.75 Å². The zero-order valence-corrected chi connectivity index (χ0v) is 19.5. The Kier molecular flexibility index (Phi) is 5.62. The van der Waals surface area contributed by atoms with E-state index in [0.717, 1.165) is 44.9 Å². The zero-order chi connectivity index (χ0) is 23.6. The molecule has 0 amide bonds. The molecule has 8 atom stereocenters. The summed E-state index contributed by atoms with van der Waals surface area (Å²) in [6.45, 7) is 4.28. The van der Waals surface area contributed by atoms with Gasteiger partial charge < -0.3 is 9.84 Å². The fraction of sp³-hybridized carbons (Fsp3) is 0.741. The first-order valence-electron chi connectivity index (χ1n) is 12.6. The molecule has 0 radical (unpaired) electrons. The molecule has 1 unspecified atom stereocenters. The lowest BCUT2D eigenvalue weighted by Crippen LogP contribution is -2.51. The number of aliphatic hydroxyl groups is 1. The third-order valence-electron chi connectivity index (χ3n) is 9.93. The molecule has 33 heavy (non-hydrogen) atoms. The molecule has 6 heteroatoms. The van der Waals surface area contributed by atoms with E-state index in [1.807, 2.05) is 6.92 Å². The first-order chi connectivity index (χ1) is 15.5. The molecule has 1 aromatic rings. The number of fused-ring (bicyclic) bond motifs is 5. The fourth-order valence-electron chi connectivity index (χ4n) is 8.53. The summed E-state index contributed by atoms with van der Waals surface area (Å²) < 4.78 is 41.3. The minimum atomic E-state index is -4.73. The lowest BCUT2D eigenvalue weighted by Gasteiger charge is -2.56. The molecule has 1 N–H and O–H groups in total. The molecule has 0 aromatic heterocycles. The monoisotopic (exact) mass is 464 g/mol. The van der Waals surface area contributed by atoms with E-state index in [4.69, 9.17) is 0 Å². The number of halogens is 3. The van der Waals surface area contributed by atoms with Gasteiger partial charge in [0.25, 0.3) is 0 Å². The van der Waals surface area contributed by atoms with Crippen molar-refractivity contribution in [1.29, 1.82) is 0 Å². The molecule has 4 aliphatic carbocycles. The molecular weight excluding hydrogens is 429 g/mol. The largest absolute Gasteiger partial charge is 0.573 e. The molecule has 182 valence electrons. The van der Waals surface area contributed by atoms with Crippen molar-refractivity contribution >= 4 is 5.78 Å². The van der Waals surface area contributed by atoms with Crippen molar-refractivity contribution in [2.24, 2.45) is 40.9 Å². The van der Waals surface area contributed by atoms with Crippen molar-refractivity contribution in [3.05, 3.63) is 29.8 Å². The fourth-order valence-corrected chi connectivity index (χ4v) is 8.53. The van der Waals surface area contributed by atoms with E-state index >= 15 is 0 Å². The second-order valence-corrected chi connectivity index (χ2v) is 11.8. The Morgan fingerprint density at radius 1 is 0.939 bits per heavy atom. The Labute approximate surface area is 194 Å². The second kappa shape index (κ2) is 8.00. The Morgan fingerprint density at radius 2 is 1.64 bits per heavy atom. The number of benzene rings is 1. The van der Waals surface area contributed by atoms with Gasteiger partial charge in [0.05, 0.1) is 5.60 Å². The molecule has 1 aromatic carbocycles. The molecule has 4 saturated carbocycles. The normalized spacial score (nSPS) is 42.7. The highest BCUT2D eigenvalue weighted by Gasteiger charge is 2.58.